The number of ether oxygens (including phenoxy) is 2. The number of fused-ring (bicyclic) bond motifs is 1. The van der Waals surface area contributed by atoms with Crippen LogP contribution in [0.5, 0.6) is 0 Å². The van der Waals surface area contributed by atoms with E-state index in [0.717, 1.165) is 0 Å². The number of Topliss-reactive ketones (excluding diaryl/α,β-unsaturated/α-hetero) is 1. The molecule has 0 aromatic rings. The van der Waals surface area contributed by atoms with Crippen molar-refractivity contribution in [2.75, 3.05) is 0 Å². The first-order valence-electron chi connectivity index (χ1n) is 5.64. The van der Waals surface area contributed by atoms with Crippen LogP contribution in [0, 0.1) is 5.92 Å². The molecule has 0 N–H and O–H groups in total. The maximum absolute atomic E-state index is 11.9. The summed E-state index contributed by atoms with van der Waals surface area (Å²) in [5.74, 6) is -0.907. The molecule has 1 heterocycles. The summed E-state index contributed by atoms with van der Waals surface area (Å²) < 4.78 is 10.5. The van der Waals surface area contributed by atoms with Crippen molar-refractivity contribution in [3.8, 4) is 0 Å². The molecule has 5 heteroatoms. The lowest BCUT2D eigenvalue weighted by atomic mass is 9.79. The third kappa shape index (κ3) is 2.38. The van der Waals surface area contributed by atoms with E-state index in [1.54, 1.807) is 0 Å². The molecule has 1 aliphatic carbocycles. The van der Waals surface area contributed by atoms with Gasteiger partial charge in [-0.15, -0.1) is 0 Å². The molecular weight excluding hydrogens is 224 g/mol. The number of rotatable bonds is 2. The van der Waals surface area contributed by atoms with Crippen LogP contribution in [0.15, 0.2) is 11.8 Å². The number of hydrogen-bond donors (Lipinski definition) is 0. The smallest absolute Gasteiger partial charge is 0.302 e. The summed E-state index contributed by atoms with van der Waals surface area (Å²) in [6, 6.07) is 0. The molecule has 0 saturated heterocycles. The van der Waals surface area contributed by atoms with Gasteiger partial charge in [0.15, 0.2) is 12.1 Å². The molecular formula is C12H14O5. The summed E-state index contributed by atoms with van der Waals surface area (Å²) in [5, 5.41) is 0. The highest BCUT2D eigenvalue weighted by molar-refractivity contribution is 6.13. The van der Waals surface area contributed by atoms with Gasteiger partial charge in [0.2, 0.25) is 0 Å². The molecule has 1 fully saturated rings. The molecule has 0 aromatic heterocycles. The van der Waals surface area contributed by atoms with E-state index < -0.39 is 0 Å². The zero-order valence-corrected chi connectivity index (χ0v) is 9.55. The van der Waals surface area contributed by atoms with Gasteiger partial charge in [-0.1, -0.05) is 0 Å². The van der Waals surface area contributed by atoms with Crippen molar-refractivity contribution in [3.05, 3.63) is 11.8 Å². The second-order valence-electron chi connectivity index (χ2n) is 4.38. The monoisotopic (exact) mass is 238 g/mol. The first-order valence-corrected chi connectivity index (χ1v) is 5.64. The van der Waals surface area contributed by atoms with Crippen LogP contribution in [0.4, 0.5) is 0 Å². The van der Waals surface area contributed by atoms with Gasteiger partial charge in [0.25, 0.3) is 0 Å². The number of hydrogen-bond acceptors (Lipinski definition) is 5. The molecule has 5 nitrogen and oxygen atoms in total. The van der Waals surface area contributed by atoms with Crippen LogP contribution in [0.1, 0.15) is 26.2 Å². The molecule has 1 aliphatic heterocycles. The lowest BCUT2D eigenvalue weighted by Gasteiger charge is -2.36. The Morgan fingerprint density at radius 1 is 1.53 bits per heavy atom. The van der Waals surface area contributed by atoms with Crippen molar-refractivity contribution in [1.82, 2.24) is 0 Å². The predicted molar refractivity (Wildman–Crippen MR) is 56.9 cm³/mol. The van der Waals surface area contributed by atoms with Crippen molar-refractivity contribution < 1.29 is 23.9 Å². The summed E-state index contributed by atoms with van der Waals surface area (Å²) in [6.07, 6.45) is 3.12. The molecule has 2 rings (SSSR count). The Balaban J connectivity index is 2.08. The fourth-order valence-corrected chi connectivity index (χ4v) is 2.40. The topological polar surface area (TPSA) is 69.7 Å². The minimum absolute atomic E-state index is 0.0646. The van der Waals surface area contributed by atoms with E-state index in [1.807, 2.05) is 0 Å². The Morgan fingerprint density at radius 3 is 2.94 bits per heavy atom. The van der Waals surface area contributed by atoms with Gasteiger partial charge in [0, 0.05) is 6.92 Å². The lowest BCUT2D eigenvalue weighted by Crippen LogP contribution is -2.42. The van der Waals surface area contributed by atoms with E-state index in [0.29, 0.717) is 25.5 Å². The number of esters is 1. The Morgan fingerprint density at radius 2 is 2.29 bits per heavy atom. The van der Waals surface area contributed by atoms with Crippen LogP contribution >= 0.6 is 0 Å². The van der Waals surface area contributed by atoms with Gasteiger partial charge in [-0.05, 0) is 19.3 Å². The summed E-state index contributed by atoms with van der Waals surface area (Å²) in [6.45, 7) is 1.35. The van der Waals surface area contributed by atoms with Crippen molar-refractivity contribution in [3.63, 3.8) is 0 Å². The minimum Gasteiger partial charge on any atom is -0.496 e. The summed E-state index contributed by atoms with van der Waals surface area (Å²) in [4.78, 5) is 33.4. The molecule has 92 valence electrons. The Hall–Kier alpha value is -1.65. The summed E-state index contributed by atoms with van der Waals surface area (Å²) >= 11 is 0. The van der Waals surface area contributed by atoms with E-state index in [-0.39, 0.29) is 35.5 Å². The SMILES string of the molecule is CC(=O)OC1CCC2OC=C(C=O)C(=O)C2C1. The number of aldehydes is 1. The molecule has 0 spiro atoms. The molecule has 0 radical (unpaired) electrons. The molecule has 0 aromatic carbocycles. The van der Waals surface area contributed by atoms with Crippen molar-refractivity contribution >= 4 is 18.0 Å². The number of carbonyl (C=O) groups is 3. The Labute approximate surface area is 98.8 Å². The quantitative estimate of drug-likeness (QED) is 0.403. The fraction of sp³-hybridized carbons (Fsp3) is 0.583. The van der Waals surface area contributed by atoms with E-state index in [9.17, 15) is 14.4 Å². The molecule has 0 bridgehead atoms. The zero-order chi connectivity index (χ0) is 12.4. The van der Waals surface area contributed by atoms with Crippen LogP contribution in [0.2, 0.25) is 0 Å². The molecule has 3 unspecified atom stereocenters. The maximum atomic E-state index is 11.9. The van der Waals surface area contributed by atoms with Crippen LogP contribution < -0.4 is 0 Å². The van der Waals surface area contributed by atoms with E-state index in [4.69, 9.17) is 9.47 Å². The van der Waals surface area contributed by atoms with Gasteiger partial charge >= 0.3 is 5.97 Å². The minimum atomic E-state index is -0.363. The van der Waals surface area contributed by atoms with Gasteiger partial charge < -0.3 is 9.47 Å². The van der Waals surface area contributed by atoms with Crippen molar-refractivity contribution in [1.29, 1.82) is 0 Å². The highest BCUT2D eigenvalue weighted by Crippen LogP contribution is 2.33. The first-order chi connectivity index (χ1) is 8.11. The summed E-state index contributed by atoms with van der Waals surface area (Å²) in [7, 11) is 0. The fourth-order valence-electron chi connectivity index (χ4n) is 2.40. The van der Waals surface area contributed by atoms with E-state index in [2.05, 4.69) is 0 Å². The van der Waals surface area contributed by atoms with Crippen molar-refractivity contribution in [2.45, 2.75) is 38.4 Å². The Bertz CT molecular complexity index is 384. The Kier molecular flexibility index (Phi) is 3.26. The molecule has 0 amide bonds. The van der Waals surface area contributed by atoms with Crippen LogP contribution in [-0.2, 0) is 23.9 Å². The average Bonchev–Trinajstić information content (AvgIpc) is 2.29. The third-order valence-corrected chi connectivity index (χ3v) is 3.19. The second kappa shape index (κ2) is 4.69. The maximum Gasteiger partial charge on any atom is 0.302 e. The average molecular weight is 238 g/mol. The van der Waals surface area contributed by atoms with Gasteiger partial charge in [-0.3, -0.25) is 14.4 Å². The zero-order valence-electron chi connectivity index (χ0n) is 9.55. The van der Waals surface area contributed by atoms with E-state index >= 15 is 0 Å². The standard InChI is InChI=1S/C12H14O5/c1-7(14)17-9-2-3-11-10(4-9)12(15)8(5-13)6-16-11/h5-6,9-11H,2-4H2,1H3. The van der Waals surface area contributed by atoms with E-state index in [1.165, 1.54) is 13.2 Å². The summed E-state index contributed by atoms with van der Waals surface area (Å²) in [5.41, 5.74) is 0.0646. The van der Waals surface area contributed by atoms with Gasteiger partial charge in [-0.2, -0.15) is 0 Å². The second-order valence-corrected chi connectivity index (χ2v) is 4.38. The lowest BCUT2D eigenvalue weighted by molar-refractivity contribution is -0.153. The normalized spacial score (nSPS) is 31.9. The van der Waals surface area contributed by atoms with Gasteiger partial charge in [-0.25, -0.2) is 0 Å². The van der Waals surface area contributed by atoms with Gasteiger partial charge in [0.05, 0.1) is 17.8 Å². The third-order valence-electron chi connectivity index (χ3n) is 3.19. The predicted octanol–water partition coefficient (Wildman–Crippen LogP) is 0.769. The highest BCUT2D eigenvalue weighted by atomic mass is 16.5. The largest absolute Gasteiger partial charge is 0.496 e. The number of carbonyl (C=O) groups excluding carboxylic acids is 3. The molecule has 1 saturated carbocycles. The molecule has 3 atom stereocenters. The van der Waals surface area contributed by atoms with Crippen molar-refractivity contribution in [2.24, 2.45) is 5.92 Å². The van der Waals surface area contributed by atoms with Crippen LogP contribution in [-0.4, -0.2) is 30.2 Å². The number of allylic oxidation sites excluding steroid dienone is 1. The van der Waals surface area contributed by atoms with Crippen LogP contribution in [0.25, 0.3) is 0 Å². The first kappa shape index (κ1) is 11.8. The van der Waals surface area contributed by atoms with Crippen LogP contribution in [0.3, 0.4) is 0 Å². The molecule has 2 aliphatic rings. The number of ketones is 1. The molecule has 17 heavy (non-hydrogen) atoms. The van der Waals surface area contributed by atoms with Gasteiger partial charge in [0.1, 0.15) is 12.2 Å². The highest BCUT2D eigenvalue weighted by Gasteiger charge is 2.40.